The number of para-hydroxylation sites is 1. The average molecular weight is 401 g/mol. The molecule has 4 rings (SSSR count). The maximum Gasteiger partial charge on any atom is 0.122 e. The normalized spacial score (nSPS) is 17.0. The Hall–Kier alpha value is -1.71. The predicted molar refractivity (Wildman–Crippen MR) is 120 cm³/mol. The molecule has 0 spiro atoms. The number of benzene rings is 2. The number of hydrogen-bond acceptors (Lipinski definition) is 3. The number of aryl methyl sites for hydroxylation is 2. The highest BCUT2D eigenvalue weighted by Crippen LogP contribution is 2.29. The summed E-state index contributed by atoms with van der Waals surface area (Å²) in [7, 11) is 0. The molecule has 3 nitrogen and oxygen atoms in total. The first kappa shape index (κ1) is 21.0. The van der Waals surface area contributed by atoms with Crippen molar-refractivity contribution in [2.75, 3.05) is 44.2 Å². The summed E-state index contributed by atoms with van der Waals surface area (Å²) in [6.45, 7) is 8.71. The summed E-state index contributed by atoms with van der Waals surface area (Å²) in [6.07, 6.45) is 6.14. The number of fused-ring (bicyclic) bond motifs is 1. The third kappa shape index (κ3) is 5.01. The second-order valence-corrected chi connectivity index (χ2v) is 7.92. The SMILES string of the molecule is Cc1ccccc1N1CCN(CCCOc2cccc3c2CCCC3)CC1.Cl. The first-order valence-corrected chi connectivity index (χ1v) is 10.6. The molecule has 1 aliphatic carbocycles. The lowest BCUT2D eigenvalue weighted by Crippen LogP contribution is -2.47. The Morgan fingerprint density at radius 3 is 2.50 bits per heavy atom. The van der Waals surface area contributed by atoms with Crippen LogP contribution in [0.4, 0.5) is 5.69 Å². The molecule has 1 heterocycles. The van der Waals surface area contributed by atoms with Crippen molar-refractivity contribution in [2.45, 2.75) is 39.0 Å². The molecule has 2 aromatic carbocycles. The second-order valence-electron chi connectivity index (χ2n) is 7.92. The number of hydrogen-bond donors (Lipinski definition) is 0. The van der Waals surface area contributed by atoms with Crippen molar-refractivity contribution in [1.82, 2.24) is 4.90 Å². The predicted octanol–water partition coefficient (Wildman–Crippen LogP) is 4.89. The van der Waals surface area contributed by atoms with Crippen LogP contribution in [-0.4, -0.2) is 44.2 Å². The van der Waals surface area contributed by atoms with Gasteiger partial charge in [-0.2, -0.15) is 0 Å². The highest BCUT2D eigenvalue weighted by molar-refractivity contribution is 5.85. The molecule has 4 heteroatoms. The quantitative estimate of drug-likeness (QED) is 0.642. The Morgan fingerprint density at radius 2 is 1.68 bits per heavy atom. The first-order valence-electron chi connectivity index (χ1n) is 10.6. The van der Waals surface area contributed by atoms with E-state index in [1.54, 1.807) is 0 Å². The van der Waals surface area contributed by atoms with Crippen molar-refractivity contribution in [3.63, 3.8) is 0 Å². The van der Waals surface area contributed by atoms with Crippen LogP contribution in [0.25, 0.3) is 0 Å². The summed E-state index contributed by atoms with van der Waals surface area (Å²) in [4.78, 5) is 5.11. The Balaban J connectivity index is 0.00000225. The van der Waals surface area contributed by atoms with Crippen LogP contribution in [0.5, 0.6) is 5.75 Å². The highest BCUT2D eigenvalue weighted by atomic mass is 35.5. The van der Waals surface area contributed by atoms with Gasteiger partial charge in [0.05, 0.1) is 6.61 Å². The van der Waals surface area contributed by atoms with Gasteiger partial charge in [0.2, 0.25) is 0 Å². The Kier molecular flexibility index (Phi) is 7.64. The van der Waals surface area contributed by atoms with Gasteiger partial charge in [0, 0.05) is 38.4 Å². The Morgan fingerprint density at radius 1 is 0.893 bits per heavy atom. The lowest BCUT2D eigenvalue weighted by molar-refractivity contribution is 0.224. The number of halogens is 1. The van der Waals surface area contributed by atoms with E-state index < -0.39 is 0 Å². The largest absolute Gasteiger partial charge is 0.493 e. The van der Waals surface area contributed by atoms with Crippen LogP contribution in [-0.2, 0) is 12.8 Å². The van der Waals surface area contributed by atoms with Crippen LogP contribution < -0.4 is 9.64 Å². The molecule has 28 heavy (non-hydrogen) atoms. The van der Waals surface area contributed by atoms with Crippen LogP contribution in [0.3, 0.4) is 0 Å². The topological polar surface area (TPSA) is 15.7 Å². The molecule has 0 saturated carbocycles. The van der Waals surface area contributed by atoms with E-state index >= 15 is 0 Å². The maximum absolute atomic E-state index is 6.16. The molecule has 0 atom stereocenters. The average Bonchev–Trinajstić information content (AvgIpc) is 2.72. The van der Waals surface area contributed by atoms with E-state index in [0.29, 0.717) is 0 Å². The molecule has 0 N–H and O–H groups in total. The summed E-state index contributed by atoms with van der Waals surface area (Å²) in [5, 5.41) is 0. The Labute approximate surface area is 176 Å². The third-order valence-corrected chi connectivity index (χ3v) is 6.06. The monoisotopic (exact) mass is 400 g/mol. The van der Waals surface area contributed by atoms with E-state index in [1.165, 1.54) is 48.1 Å². The van der Waals surface area contributed by atoms with Crippen molar-refractivity contribution < 1.29 is 4.74 Å². The van der Waals surface area contributed by atoms with Crippen molar-refractivity contribution in [1.29, 1.82) is 0 Å². The van der Waals surface area contributed by atoms with E-state index in [9.17, 15) is 0 Å². The van der Waals surface area contributed by atoms with Gasteiger partial charge >= 0.3 is 0 Å². The van der Waals surface area contributed by atoms with E-state index in [2.05, 4.69) is 59.2 Å². The molecular weight excluding hydrogens is 368 g/mol. The van der Waals surface area contributed by atoms with Crippen LogP contribution in [0.1, 0.15) is 36.0 Å². The van der Waals surface area contributed by atoms with E-state index in [0.717, 1.165) is 51.5 Å². The van der Waals surface area contributed by atoms with Crippen molar-refractivity contribution in [3.05, 3.63) is 59.2 Å². The molecule has 0 radical (unpaired) electrons. The molecule has 1 aliphatic heterocycles. The van der Waals surface area contributed by atoms with Gasteiger partial charge in [-0.05, 0) is 67.9 Å². The lowest BCUT2D eigenvalue weighted by Gasteiger charge is -2.36. The summed E-state index contributed by atoms with van der Waals surface area (Å²) >= 11 is 0. The smallest absolute Gasteiger partial charge is 0.122 e. The minimum Gasteiger partial charge on any atom is -0.493 e. The van der Waals surface area contributed by atoms with E-state index in [1.807, 2.05) is 0 Å². The highest BCUT2D eigenvalue weighted by Gasteiger charge is 2.18. The molecule has 152 valence electrons. The molecule has 2 aromatic rings. The maximum atomic E-state index is 6.16. The molecule has 1 saturated heterocycles. The minimum absolute atomic E-state index is 0. The number of rotatable bonds is 6. The van der Waals surface area contributed by atoms with Gasteiger partial charge < -0.3 is 9.64 Å². The zero-order chi connectivity index (χ0) is 18.5. The van der Waals surface area contributed by atoms with Crippen molar-refractivity contribution in [2.24, 2.45) is 0 Å². The molecule has 0 amide bonds. The fourth-order valence-corrected chi connectivity index (χ4v) is 4.48. The number of nitrogens with zero attached hydrogens (tertiary/aromatic N) is 2. The van der Waals surface area contributed by atoms with Crippen LogP contribution in [0, 0.1) is 6.92 Å². The van der Waals surface area contributed by atoms with Gasteiger partial charge in [-0.25, -0.2) is 0 Å². The van der Waals surface area contributed by atoms with Gasteiger partial charge in [0.25, 0.3) is 0 Å². The third-order valence-electron chi connectivity index (χ3n) is 6.06. The summed E-state index contributed by atoms with van der Waals surface area (Å²) in [6, 6.07) is 15.3. The van der Waals surface area contributed by atoms with Gasteiger partial charge in [0.1, 0.15) is 5.75 Å². The van der Waals surface area contributed by atoms with E-state index in [4.69, 9.17) is 4.74 Å². The number of ether oxygens (including phenoxy) is 1. The summed E-state index contributed by atoms with van der Waals surface area (Å²) in [5.41, 5.74) is 5.75. The molecule has 0 bridgehead atoms. The van der Waals surface area contributed by atoms with Gasteiger partial charge in [-0.15, -0.1) is 12.4 Å². The molecule has 0 unspecified atom stereocenters. The molecule has 1 fully saturated rings. The summed E-state index contributed by atoms with van der Waals surface area (Å²) in [5.74, 6) is 1.14. The minimum atomic E-state index is 0. The van der Waals surface area contributed by atoms with Gasteiger partial charge in [-0.1, -0.05) is 30.3 Å². The molecule has 0 aromatic heterocycles. The first-order chi connectivity index (χ1) is 13.3. The Bertz CT molecular complexity index is 756. The fourth-order valence-electron chi connectivity index (χ4n) is 4.48. The van der Waals surface area contributed by atoms with Gasteiger partial charge in [0.15, 0.2) is 0 Å². The molecular formula is C24H33ClN2O. The number of anilines is 1. The zero-order valence-corrected chi connectivity index (χ0v) is 17.8. The van der Waals surface area contributed by atoms with Gasteiger partial charge in [-0.3, -0.25) is 4.90 Å². The number of piperazine rings is 1. The lowest BCUT2D eigenvalue weighted by atomic mass is 9.91. The van der Waals surface area contributed by atoms with Crippen LogP contribution in [0.15, 0.2) is 42.5 Å². The van der Waals surface area contributed by atoms with Crippen LogP contribution >= 0.6 is 12.4 Å². The van der Waals surface area contributed by atoms with Crippen molar-refractivity contribution >= 4 is 18.1 Å². The summed E-state index contributed by atoms with van der Waals surface area (Å²) < 4.78 is 6.16. The van der Waals surface area contributed by atoms with Crippen molar-refractivity contribution in [3.8, 4) is 5.75 Å². The van der Waals surface area contributed by atoms with Crippen LogP contribution in [0.2, 0.25) is 0 Å². The van der Waals surface area contributed by atoms with E-state index in [-0.39, 0.29) is 12.4 Å². The zero-order valence-electron chi connectivity index (χ0n) is 17.0. The standard InChI is InChI=1S/C24H32N2O.ClH/c1-20-8-2-5-12-23(20)26-17-15-25(16-18-26)14-7-19-27-24-13-6-10-21-9-3-4-11-22(21)24;/h2,5-6,8,10,12-13H,3-4,7,9,11,14-19H2,1H3;1H. The second kappa shape index (κ2) is 10.2. The molecule has 2 aliphatic rings. The fraction of sp³-hybridized carbons (Fsp3) is 0.500.